The quantitative estimate of drug-likeness (QED) is 0.685. The number of aromatic nitrogens is 4. The molecule has 0 aromatic carbocycles. The van der Waals surface area contributed by atoms with Gasteiger partial charge in [-0.15, -0.1) is 0 Å². The molecule has 3 rings (SSSR count). The number of ether oxygens (including phenoxy) is 2. The molecule has 0 unspecified atom stereocenters. The van der Waals surface area contributed by atoms with Gasteiger partial charge in [0.05, 0.1) is 37.7 Å². The smallest absolute Gasteiger partial charge is 0.270 e. The number of halogens is 2. The Hall–Kier alpha value is -2.46. The van der Waals surface area contributed by atoms with E-state index in [1.807, 2.05) is 0 Å². The number of imidazole rings is 1. The van der Waals surface area contributed by atoms with Crippen molar-refractivity contribution >= 4 is 5.91 Å². The summed E-state index contributed by atoms with van der Waals surface area (Å²) in [5.41, 5.74) is 0.130. The van der Waals surface area contributed by atoms with Gasteiger partial charge in [-0.1, -0.05) is 0 Å². The SMILES string of the molecule is COCCO[C@H]1C[C@@H](n2ccnc2)[C@H](NC(=O)c2ccncn2)[C@H](C(F)F)C1. The molecule has 2 heterocycles. The fraction of sp³-hybridized carbons (Fsp3) is 0.556. The zero-order valence-electron chi connectivity index (χ0n) is 15.4. The first-order chi connectivity index (χ1) is 13.6. The fourth-order valence-corrected chi connectivity index (χ4v) is 3.57. The molecule has 8 nitrogen and oxygen atoms in total. The molecule has 10 heteroatoms. The first kappa shape index (κ1) is 20.3. The highest BCUT2D eigenvalue weighted by molar-refractivity contribution is 5.92. The second-order valence-electron chi connectivity index (χ2n) is 6.63. The van der Waals surface area contributed by atoms with Gasteiger partial charge in [-0.25, -0.2) is 23.7 Å². The molecule has 0 aliphatic heterocycles. The average molecular weight is 395 g/mol. The highest BCUT2D eigenvalue weighted by Gasteiger charge is 2.44. The van der Waals surface area contributed by atoms with Gasteiger partial charge < -0.3 is 19.4 Å². The Balaban J connectivity index is 1.82. The molecule has 4 atom stereocenters. The minimum atomic E-state index is -2.62. The molecule has 1 fully saturated rings. The van der Waals surface area contributed by atoms with Crippen LogP contribution in [0.1, 0.15) is 29.4 Å². The second-order valence-corrected chi connectivity index (χ2v) is 6.63. The summed E-state index contributed by atoms with van der Waals surface area (Å²) in [4.78, 5) is 24.3. The van der Waals surface area contributed by atoms with E-state index in [0.29, 0.717) is 19.6 Å². The first-order valence-electron chi connectivity index (χ1n) is 9.03. The molecule has 0 spiro atoms. The molecule has 0 saturated heterocycles. The highest BCUT2D eigenvalue weighted by Crippen LogP contribution is 2.38. The van der Waals surface area contributed by atoms with E-state index in [1.54, 1.807) is 30.4 Å². The van der Waals surface area contributed by atoms with Crippen molar-refractivity contribution < 1.29 is 23.0 Å². The molecule has 0 bridgehead atoms. The van der Waals surface area contributed by atoms with Crippen molar-refractivity contribution in [2.75, 3.05) is 20.3 Å². The van der Waals surface area contributed by atoms with Crippen molar-refractivity contribution in [2.24, 2.45) is 5.92 Å². The Labute approximate surface area is 161 Å². The van der Waals surface area contributed by atoms with E-state index < -0.39 is 30.3 Å². The van der Waals surface area contributed by atoms with Crippen LogP contribution in [0.25, 0.3) is 0 Å². The molecule has 152 valence electrons. The lowest BCUT2D eigenvalue weighted by molar-refractivity contribution is -0.0647. The first-order valence-corrected chi connectivity index (χ1v) is 9.03. The summed E-state index contributed by atoms with van der Waals surface area (Å²) in [6, 6.07) is 0.228. The van der Waals surface area contributed by atoms with Crippen LogP contribution < -0.4 is 5.32 Å². The molecule has 1 amide bonds. The van der Waals surface area contributed by atoms with Crippen molar-refractivity contribution in [3.8, 4) is 0 Å². The number of methoxy groups -OCH3 is 1. The third-order valence-corrected chi connectivity index (χ3v) is 4.90. The molecule has 1 saturated carbocycles. The number of nitrogens with one attached hydrogen (secondary N) is 1. The van der Waals surface area contributed by atoms with Gasteiger partial charge >= 0.3 is 0 Å². The number of carbonyl (C=O) groups is 1. The summed E-state index contributed by atoms with van der Waals surface area (Å²) in [5, 5.41) is 2.75. The van der Waals surface area contributed by atoms with Gasteiger partial charge in [0.15, 0.2) is 0 Å². The van der Waals surface area contributed by atoms with E-state index in [0.717, 1.165) is 0 Å². The Bertz CT molecular complexity index is 732. The molecule has 0 radical (unpaired) electrons. The average Bonchev–Trinajstić information content (AvgIpc) is 3.24. The summed E-state index contributed by atoms with van der Waals surface area (Å²) in [5.74, 6) is -1.58. The Morgan fingerprint density at radius 2 is 2.18 bits per heavy atom. The van der Waals surface area contributed by atoms with E-state index in [2.05, 4.69) is 20.3 Å². The van der Waals surface area contributed by atoms with E-state index in [9.17, 15) is 13.6 Å². The van der Waals surface area contributed by atoms with Crippen LogP contribution >= 0.6 is 0 Å². The predicted molar refractivity (Wildman–Crippen MR) is 94.9 cm³/mol. The summed E-state index contributed by atoms with van der Waals surface area (Å²) in [6.07, 6.45) is 5.15. The zero-order chi connectivity index (χ0) is 19.9. The lowest BCUT2D eigenvalue weighted by atomic mass is 9.79. The normalized spacial score (nSPS) is 25.0. The van der Waals surface area contributed by atoms with Gasteiger partial charge in [0.2, 0.25) is 6.43 Å². The number of rotatable bonds is 8. The maximum absolute atomic E-state index is 13.9. The minimum Gasteiger partial charge on any atom is -0.382 e. The standard InChI is InChI=1S/C18H23F2N5O3/c1-27-6-7-28-12-8-13(17(19)20)16(15(9-12)25-5-4-22-11-25)24-18(26)14-2-3-21-10-23-14/h2-5,10-13,15-17H,6-9H2,1H3,(H,24,26)/t12-,13-,15-,16-/m1/s1. The van der Waals surface area contributed by atoms with Gasteiger partial charge in [-0.05, 0) is 18.9 Å². The Kier molecular flexibility index (Phi) is 6.99. The number of hydrogen-bond donors (Lipinski definition) is 1. The summed E-state index contributed by atoms with van der Waals surface area (Å²) in [7, 11) is 1.55. The van der Waals surface area contributed by atoms with Gasteiger partial charge in [-0.3, -0.25) is 4.79 Å². The van der Waals surface area contributed by atoms with Crippen LogP contribution in [-0.2, 0) is 9.47 Å². The monoisotopic (exact) mass is 395 g/mol. The van der Waals surface area contributed by atoms with Crippen LogP contribution in [-0.4, -0.2) is 64.3 Å². The lowest BCUT2D eigenvalue weighted by Gasteiger charge is -2.42. The zero-order valence-corrected chi connectivity index (χ0v) is 15.4. The van der Waals surface area contributed by atoms with Gasteiger partial charge in [0.1, 0.15) is 12.0 Å². The van der Waals surface area contributed by atoms with Crippen LogP contribution in [0.2, 0.25) is 0 Å². The number of hydrogen-bond acceptors (Lipinski definition) is 6. The van der Waals surface area contributed by atoms with Crippen molar-refractivity contribution in [3.05, 3.63) is 43.0 Å². The third-order valence-electron chi connectivity index (χ3n) is 4.90. The van der Waals surface area contributed by atoms with E-state index >= 15 is 0 Å². The number of carbonyl (C=O) groups excluding carboxylic acids is 1. The van der Waals surface area contributed by atoms with E-state index in [-0.39, 0.29) is 18.2 Å². The van der Waals surface area contributed by atoms with Crippen LogP contribution in [0.4, 0.5) is 8.78 Å². The molecule has 1 aliphatic rings. The number of alkyl halides is 2. The molecule has 1 N–H and O–H groups in total. The number of nitrogens with zero attached hydrogens (tertiary/aromatic N) is 4. The summed E-state index contributed by atoms with van der Waals surface area (Å²) in [6.45, 7) is 0.713. The van der Waals surface area contributed by atoms with Crippen molar-refractivity contribution in [3.63, 3.8) is 0 Å². The number of amides is 1. The van der Waals surface area contributed by atoms with E-state index in [4.69, 9.17) is 9.47 Å². The summed E-state index contributed by atoms with van der Waals surface area (Å²) >= 11 is 0. The molecule has 2 aromatic rings. The van der Waals surface area contributed by atoms with Crippen molar-refractivity contribution in [1.29, 1.82) is 0 Å². The molecule has 28 heavy (non-hydrogen) atoms. The second kappa shape index (κ2) is 9.65. The Morgan fingerprint density at radius 3 is 2.82 bits per heavy atom. The molecular formula is C18H23F2N5O3. The fourth-order valence-electron chi connectivity index (χ4n) is 3.57. The van der Waals surface area contributed by atoms with Crippen molar-refractivity contribution in [2.45, 2.75) is 37.5 Å². The maximum Gasteiger partial charge on any atom is 0.270 e. The largest absolute Gasteiger partial charge is 0.382 e. The maximum atomic E-state index is 13.9. The molecule has 2 aromatic heterocycles. The predicted octanol–water partition coefficient (Wildman–Crippen LogP) is 1.72. The molecule has 1 aliphatic carbocycles. The van der Waals surface area contributed by atoms with Gasteiger partial charge in [-0.2, -0.15) is 0 Å². The van der Waals surface area contributed by atoms with Crippen LogP contribution in [0.5, 0.6) is 0 Å². The van der Waals surface area contributed by atoms with Crippen LogP contribution in [0, 0.1) is 5.92 Å². The van der Waals surface area contributed by atoms with Crippen molar-refractivity contribution in [1.82, 2.24) is 24.8 Å². The minimum absolute atomic E-state index is 0.130. The topological polar surface area (TPSA) is 91.2 Å². The summed E-state index contributed by atoms with van der Waals surface area (Å²) < 4.78 is 40.3. The van der Waals surface area contributed by atoms with Gasteiger partial charge in [0, 0.05) is 31.6 Å². The third kappa shape index (κ3) is 4.87. The molecular weight excluding hydrogens is 372 g/mol. The van der Waals surface area contributed by atoms with Crippen LogP contribution in [0.3, 0.4) is 0 Å². The van der Waals surface area contributed by atoms with E-state index in [1.165, 1.54) is 18.6 Å². The van der Waals surface area contributed by atoms with Crippen LogP contribution in [0.15, 0.2) is 37.3 Å². The van der Waals surface area contributed by atoms with Gasteiger partial charge in [0.25, 0.3) is 5.91 Å². The lowest BCUT2D eigenvalue weighted by Crippen LogP contribution is -2.53. The Morgan fingerprint density at radius 1 is 1.32 bits per heavy atom. The highest BCUT2D eigenvalue weighted by atomic mass is 19.3.